The normalized spacial score (nSPS) is 32.2. The SMILES string of the molecule is CO[C@@H]1[C@H]2OCO[C@@H](NC(=O)/C(OC(C)=O)=C3/C=C(C)[C@@H](C)[C@@H](C)O3)[C@H]2O[C@H](C[C@H](COC(C)=O)OC(C)=O)C1(C)C. The van der Waals surface area contributed by atoms with Crippen LogP contribution in [0.5, 0.6) is 0 Å². The smallest absolute Gasteiger partial charge is 0.308 e. The molecule has 0 radical (unpaired) electrons. The molecule has 0 saturated carbocycles. The molecule has 0 aromatic carbocycles. The van der Waals surface area contributed by atoms with E-state index in [-0.39, 0.29) is 43.4 Å². The molecule has 3 aliphatic heterocycles. The number of hydrogen-bond donors (Lipinski definition) is 1. The van der Waals surface area contributed by atoms with Crippen molar-refractivity contribution in [2.45, 2.75) is 105 Å². The van der Waals surface area contributed by atoms with Gasteiger partial charge in [-0.05, 0) is 19.9 Å². The fourth-order valence-corrected chi connectivity index (χ4v) is 5.40. The van der Waals surface area contributed by atoms with E-state index in [1.165, 1.54) is 20.8 Å². The van der Waals surface area contributed by atoms with Crippen molar-refractivity contribution >= 4 is 23.8 Å². The largest absolute Gasteiger partial charge is 0.486 e. The number of methoxy groups -OCH3 is 1. The third-order valence-corrected chi connectivity index (χ3v) is 7.89. The van der Waals surface area contributed by atoms with Gasteiger partial charge in [-0.2, -0.15) is 0 Å². The van der Waals surface area contributed by atoms with Gasteiger partial charge in [0.15, 0.2) is 12.0 Å². The Morgan fingerprint density at radius 2 is 1.74 bits per heavy atom. The lowest BCUT2D eigenvalue weighted by atomic mass is 9.72. The highest BCUT2D eigenvalue weighted by Crippen LogP contribution is 2.43. The van der Waals surface area contributed by atoms with Crippen molar-refractivity contribution in [3.8, 4) is 0 Å². The van der Waals surface area contributed by atoms with Crippen molar-refractivity contribution in [2.24, 2.45) is 11.3 Å². The van der Waals surface area contributed by atoms with Gasteiger partial charge in [0.2, 0.25) is 5.76 Å². The minimum Gasteiger partial charge on any atom is -0.486 e. The van der Waals surface area contributed by atoms with Crippen LogP contribution in [-0.4, -0.2) is 87.2 Å². The van der Waals surface area contributed by atoms with Crippen LogP contribution in [0.25, 0.3) is 0 Å². The first-order valence-electron chi connectivity index (χ1n) is 14.0. The number of carbonyl (C=O) groups is 4. The van der Waals surface area contributed by atoms with Gasteiger partial charge < -0.3 is 43.2 Å². The molecule has 0 spiro atoms. The van der Waals surface area contributed by atoms with Crippen molar-refractivity contribution in [1.29, 1.82) is 0 Å². The number of amides is 1. The van der Waals surface area contributed by atoms with Crippen molar-refractivity contribution in [1.82, 2.24) is 5.32 Å². The summed E-state index contributed by atoms with van der Waals surface area (Å²) in [5.41, 5.74) is 0.287. The van der Waals surface area contributed by atoms with Gasteiger partial charge in [-0.25, -0.2) is 0 Å². The van der Waals surface area contributed by atoms with Crippen LogP contribution in [0.3, 0.4) is 0 Å². The Bertz CT molecular complexity index is 1100. The monoisotopic (exact) mass is 597 g/mol. The molecule has 42 heavy (non-hydrogen) atoms. The Morgan fingerprint density at radius 3 is 2.31 bits per heavy atom. The number of nitrogens with one attached hydrogen (secondary N) is 1. The van der Waals surface area contributed by atoms with Crippen LogP contribution in [0, 0.1) is 11.3 Å². The summed E-state index contributed by atoms with van der Waals surface area (Å²) in [6, 6.07) is 0. The quantitative estimate of drug-likeness (QED) is 0.179. The molecule has 2 saturated heterocycles. The van der Waals surface area contributed by atoms with Gasteiger partial charge in [0.05, 0.1) is 12.2 Å². The maximum Gasteiger partial charge on any atom is 0.308 e. The molecule has 0 bridgehead atoms. The lowest BCUT2D eigenvalue weighted by Crippen LogP contribution is -2.68. The van der Waals surface area contributed by atoms with Gasteiger partial charge in [-0.15, -0.1) is 0 Å². The summed E-state index contributed by atoms with van der Waals surface area (Å²) in [6.07, 6.45) is -2.94. The standard InChI is InChI=1S/C29H43NO12/c1-14-10-21(39-16(3)15(14)2)23(41-19(6)33)27(34)30-28-25-24(37-13-38-28)26(35-9)29(7,8)22(42-25)11-20(40-18(5)32)12-36-17(4)31/h10,15-16,20,22,24-26,28H,11-13H2,1-9H3,(H,30,34)/b23-21+/t15-,16-,20-,22-,24+,25+,26-,28-/m1/s1. The number of rotatable bonds is 9. The Hall–Kier alpha value is -3.00. The molecule has 3 aliphatic rings. The van der Waals surface area contributed by atoms with E-state index in [1.807, 2.05) is 34.6 Å². The highest BCUT2D eigenvalue weighted by Gasteiger charge is 2.56. The fourth-order valence-electron chi connectivity index (χ4n) is 5.40. The average molecular weight is 598 g/mol. The van der Waals surface area contributed by atoms with Crippen LogP contribution >= 0.6 is 0 Å². The van der Waals surface area contributed by atoms with Crippen molar-refractivity contribution in [3.05, 3.63) is 23.2 Å². The number of allylic oxidation sites excluding steroid dienone is 1. The first-order valence-corrected chi connectivity index (χ1v) is 14.0. The van der Waals surface area contributed by atoms with Gasteiger partial charge in [0.25, 0.3) is 5.91 Å². The van der Waals surface area contributed by atoms with E-state index in [9.17, 15) is 19.2 Å². The fraction of sp³-hybridized carbons (Fsp3) is 0.724. The van der Waals surface area contributed by atoms with Crippen LogP contribution in [0.15, 0.2) is 23.2 Å². The Labute approximate surface area is 246 Å². The number of carbonyl (C=O) groups excluding carboxylic acids is 4. The first kappa shape index (κ1) is 33.5. The van der Waals surface area contributed by atoms with Gasteiger partial charge in [-0.1, -0.05) is 26.3 Å². The Kier molecular flexibility index (Phi) is 11.2. The maximum absolute atomic E-state index is 13.6. The number of ether oxygens (including phenoxy) is 8. The zero-order valence-electron chi connectivity index (χ0n) is 25.7. The summed E-state index contributed by atoms with van der Waals surface area (Å²) in [7, 11) is 1.54. The maximum atomic E-state index is 13.6. The molecule has 8 atom stereocenters. The topological polar surface area (TPSA) is 154 Å². The minimum absolute atomic E-state index is 0.105. The van der Waals surface area contributed by atoms with Gasteiger partial charge >= 0.3 is 17.9 Å². The number of fused-ring (bicyclic) bond motifs is 1. The van der Waals surface area contributed by atoms with Crippen molar-refractivity contribution in [2.75, 3.05) is 20.5 Å². The second-order valence-corrected chi connectivity index (χ2v) is 11.4. The lowest BCUT2D eigenvalue weighted by molar-refractivity contribution is -0.331. The third kappa shape index (κ3) is 7.88. The number of esters is 3. The molecule has 13 nitrogen and oxygen atoms in total. The van der Waals surface area contributed by atoms with Gasteiger partial charge in [-0.3, -0.25) is 19.2 Å². The molecule has 3 heterocycles. The van der Waals surface area contributed by atoms with E-state index in [2.05, 4.69) is 5.32 Å². The van der Waals surface area contributed by atoms with E-state index < -0.39 is 66.0 Å². The van der Waals surface area contributed by atoms with Crippen LogP contribution in [0.2, 0.25) is 0 Å². The molecule has 0 aliphatic carbocycles. The molecule has 0 aromatic rings. The van der Waals surface area contributed by atoms with E-state index in [0.29, 0.717) is 0 Å². The zero-order valence-corrected chi connectivity index (χ0v) is 25.7. The second-order valence-electron chi connectivity index (χ2n) is 11.4. The molecular formula is C29H43NO12. The minimum atomic E-state index is -1.04. The van der Waals surface area contributed by atoms with E-state index in [4.69, 9.17) is 37.9 Å². The summed E-state index contributed by atoms with van der Waals surface area (Å²) < 4.78 is 45.8. The molecular weight excluding hydrogens is 554 g/mol. The highest BCUT2D eigenvalue weighted by atomic mass is 16.7. The van der Waals surface area contributed by atoms with E-state index in [1.54, 1.807) is 13.2 Å². The lowest BCUT2D eigenvalue weighted by Gasteiger charge is -2.54. The summed E-state index contributed by atoms with van der Waals surface area (Å²) in [5.74, 6) is -2.57. The van der Waals surface area contributed by atoms with E-state index >= 15 is 0 Å². The molecule has 1 N–H and O–H groups in total. The highest BCUT2D eigenvalue weighted by molar-refractivity contribution is 5.94. The van der Waals surface area contributed by atoms with Gasteiger partial charge in [0.1, 0.15) is 37.8 Å². The molecule has 236 valence electrons. The summed E-state index contributed by atoms with van der Waals surface area (Å²) in [4.78, 5) is 48.7. The molecule has 13 heteroatoms. The summed E-state index contributed by atoms with van der Waals surface area (Å²) >= 11 is 0. The summed E-state index contributed by atoms with van der Waals surface area (Å²) in [5, 5.41) is 2.76. The second kappa shape index (κ2) is 14.0. The van der Waals surface area contributed by atoms with E-state index in [0.717, 1.165) is 5.57 Å². The van der Waals surface area contributed by atoms with Crippen molar-refractivity contribution in [3.63, 3.8) is 0 Å². The predicted octanol–water partition coefficient (Wildman–Crippen LogP) is 2.27. The molecule has 0 unspecified atom stereocenters. The first-order chi connectivity index (χ1) is 19.6. The molecule has 0 aromatic heterocycles. The van der Waals surface area contributed by atoms with Crippen LogP contribution in [0.1, 0.15) is 61.8 Å². The molecule has 1 amide bonds. The predicted molar refractivity (Wildman–Crippen MR) is 145 cm³/mol. The third-order valence-electron chi connectivity index (χ3n) is 7.89. The summed E-state index contributed by atoms with van der Waals surface area (Å²) in [6.45, 7) is 13.0. The molecule has 2 fully saturated rings. The number of hydrogen-bond acceptors (Lipinski definition) is 12. The van der Waals surface area contributed by atoms with Crippen molar-refractivity contribution < 1.29 is 57.1 Å². The van der Waals surface area contributed by atoms with Gasteiger partial charge in [0, 0.05) is 45.6 Å². The Balaban J connectivity index is 1.90. The molecule has 3 rings (SSSR count). The van der Waals surface area contributed by atoms with Crippen LogP contribution in [0.4, 0.5) is 0 Å². The van der Waals surface area contributed by atoms with Crippen LogP contribution in [-0.2, 0) is 57.1 Å². The average Bonchev–Trinajstić information content (AvgIpc) is 2.88. The zero-order chi connectivity index (χ0) is 31.4. The van der Waals surface area contributed by atoms with Crippen LogP contribution < -0.4 is 5.32 Å². The Morgan fingerprint density at radius 1 is 1.05 bits per heavy atom.